The summed E-state index contributed by atoms with van der Waals surface area (Å²) in [7, 11) is 1.60. The minimum atomic E-state index is 0.313. The predicted octanol–water partition coefficient (Wildman–Crippen LogP) is 2.19. The Labute approximate surface area is 124 Å². The van der Waals surface area contributed by atoms with Crippen molar-refractivity contribution in [2.24, 2.45) is 5.84 Å². The van der Waals surface area contributed by atoms with Crippen LogP contribution < -0.4 is 16.0 Å². The SMILES string of the molecule is COc1ccc(Cc2nc(C)c(C(C)C)c(NN)n2)cn1. The van der Waals surface area contributed by atoms with Gasteiger partial charge in [-0.25, -0.2) is 20.8 Å². The van der Waals surface area contributed by atoms with E-state index >= 15 is 0 Å². The zero-order valence-corrected chi connectivity index (χ0v) is 12.8. The molecule has 0 saturated heterocycles. The molecule has 0 spiro atoms. The second-order valence-electron chi connectivity index (χ2n) is 5.17. The lowest BCUT2D eigenvalue weighted by Gasteiger charge is -2.15. The topological polar surface area (TPSA) is 86.0 Å². The van der Waals surface area contributed by atoms with E-state index in [0.29, 0.717) is 24.0 Å². The normalized spacial score (nSPS) is 10.8. The average molecular weight is 287 g/mol. The van der Waals surface area contributed by atoms with E-state index in [0.717, 1.165) is 22.6 Å². The number of rotatable bonds is 5. The molecule has 0 bridgehead atoms. The molecule has 0 aliphatic heterocycles. The maximum absolute atomic E-state index is 5.59. The summed E-state index contributed by atoms with van der Waals surface area (Å²) in [5, 5.41) is 0. The molecular weight excluding hydrogens is 266 g/mol. The van der Waals surface area contributed by atoms with Gasteiger partial charge in [-0.3, -0.25) is 0 Å². The lowest BCUT2D eigenvalue weighted by Crippen LogP contribution is -2.15. The number of methoxy groups -OCH3 is 1. The van der Waals surface area contributed by atoms with Crippen molar-refractivity contribution in [3.05, 3.63) is 41.0 Å². The number of nitrogens with zero attached hydrogens (tertiary/aromatic N) is 3. The zero-order chi connectivity index (χ0) is 15.4. The van der Waals surface area contributed by atoms with Crippen LogP contribution in [0.5, 0.6) is 5.88 Å². The summed E-state index contributed by atoms with van der Waals surface area (Å²) in [6.07, 6.45) is 2.37. The van der Waals surface area contributed by atoms with E-state index in [4.69, 9.17) is 10.6 Å². The molecule has 0 aliphatic rings. The molecule has 0 fully saturated rings. The van der Waals surface area contributed by atoms with E-state index in [9.17, 15) is 0 Å². The highest BCUT2D eigenvalue weighted by molar-refractivity contribution is 5.47. The van der Waals surface area contributed by atoms with Gasteiger partial charge in [0.15, 0.2) is 0 Å². The maximum atomic E-state index is 5.59. The third kappa shape index (κ3) is 3.46. The van der Waals surface area contributed by atoms with E-state index in [1.54, 1.807) is 13.3 Å². The molecule has 0 unspecified atom stereocenters. The first-order chi connectivity index (χ1) is 10.0. The highest BCUT2D eigenvalue weighted by Crippen LogP contribution is 2.25. The third-order valence-electron chi connectivity index (χ3n) is 3.27. The van der Waals surface area contributed by atoms with Crippen LogP contribution in [0, 0.1) is 6.92 Å². The number of hydrogen-bond donors (Lipinski definition) is 2. The van der Waals surface area contributed by atoms with Crippen molar-refractivity contribution in [3.8, 4) is 5.88 Å². The van der Waals surface area contributed by atoms with E-state index in [1.807, 2.05) is 19.1 Å². The quantitative estimate of drug-likeness (QED) is 0.647. The fourth-order valence-electron chi connectivity index (χ4n) is 2.34. The smallest absolute Gasteiger partial charge is 0.212 e. The average Bonchev–Trinajstić information content (AvgIpc) is 2.46. The first-order valence-corrected chi connectivity index (χ1v) is 6.88. The molecule has 21 heavy (non-hydrogen) atoms. The number of hydrogen-bond acceptors (Lipinski definition) is 6. The molecule has 0 aromatic carbocycles. The highest BCUT2D eigenvalue weighted by Gasteiger charge is 2.14. The van der Waals surface area contributed by atoms with E-state index in [-0.39, 0.29) is 0 Å². The van der Waals surface area contributed by atoms with Gasteiger partial charge in [0.1, 0.15) is 11.6 Å². The summed E-state index contributed by atoms with van der Waals surface area (Å²) in [6.45, 7) is 6.17. The van der Waals surface area contributed by atoms with Crippen molar-refractivity contribution in [2.45, 2.75) is 33.1 Å². The number of pyridine rings is 1. The Morgan fingerprint density at radius 1 is 1.29 bits per heavy atom. The van der Waals surface area contributed by atoms with Gasteiger partial charge in [-0.2, -0.15) is 0 Å². The Hall–Kier alpha value is -2.21. The maximum Gasteiger partial charge on any atom is 0.212 e. The second-order valence-corrected chi connectivity index (χ2v) is 5.17. The highest BCUT2D eigenvalue weighted by atomic mass is 16.5. The Morgan fingerprint density at radius 3 is 2.57 bits per heavy atom. The molecule has 6 heteroatoms. The molecule has 2 heterocycles. The van der Waals surface area contributed by atoms with Gasteiger partial charge >= 0.3 is 0 Å². The number of anilines is 1. The van der Waals surface area contributed by atoms with Gasteiger partial charge in [-0.1, -0.05) is 19.9 Å². The molecule has 2 rings (SSSR count). The summed E-state index contributed by atoms with van der Waals surface area (Å²) in [4.78, 5) is 13.3. The summed E-state index contributed by atoms with van der Waals surface area (Å²) in [6, 6.07) is 3.78. The number of nitrogens with one attached hydrogen (secondary N) is 1. The van der Waals surface area contributed by atoms with Crippen LogP contribution in [0.2, 0.25) is 0 Å². The summed E-state index contributed by atoms with van der Waals surface area (Å²) >= 11 is 0. The van der Waals surface area contributed by atoms with Crippen molar-refractivity contribution in [1.82, 2.24) is 15.0 Å². The summed E-state index contributed by atoms with van der Waals surface area (Å²) in [5.41, 5.74) is 5.70. The molecule has 2 aromatic rings. The van der Waals surface area contributed by atoms with Crippen LogP contribution >= 0.6 is 0 Å². The fourth-order valence-corrected chi connectivity index (χ4v) is 2.34. The van der Waals surface area contributed by atoms with Crippen LogP contribution in [0.4, 0.5) is 5.82 Å². The number of aryl methyl sites for hydroxylation is 1. The molecule has 0 saturated carbocycles. The minimum Gasteiger partial charge on any atom is -0.481 e. The summed E-state index contributed by atoms with van der Waals surface area (Å²) < 4.78 is 5.05. The standard InChI is InChI=1S/C15H21N5O/c1-9(2)14-10(3)18-12(19-15(14)20-16)7-11-5-6-13(21-4)17-8-11/h5-6,8-9H,7,16H2,1-4H3,(H,18,19,20). The monoisotopic (exact) mass is 287 g/mol. The first-order valence-electron chi connectivity index (χ1n) is 6.88. The van der Waals surface area contributed by atoms with Crippen LogP contribution in [0.25, 0.3) is 0 Å². The van der Waals surface area contributed by atoms with Crippen LogP contribution in [-0.4, -0.2) is 22.1 Å². The molecule has 6 nitrogen and oxygen atoms in total. The van der Waals surface area contributed by atoms with Gasteiger partial charge in [0.2, 0.25) is 5.88 Å². The fraction of sp³-hybridized carbons (Fsp3) is 0.400. The number of aromatic nitrogens is 3. The third-order valence-corrected chi connectivity index (χ3v) is 3.27. The van der Waals surface area contributed by atoms with Crippen molar-refractivity contribution in [3.63, 3.8) is 0 Å². The van der Waals surface area contributed by atoms with E-state index in [2.05, 4.69) is 34.2 Å². The van der Waals surface area contributed by atoms with Crippen LogP contribution in [-0.2, 0) is 6.42 Å². The number of nitrogen functional groups attached to an aromatic ring is 1. The lowest BCUT2D eigenvalue weighted by atomic mass is 10.0. The molecule has 2 aromatic heterocycles. The van der Waals surface area contributed by atoms with Crippen LogP contribution in [0.1, 0.15) is 42.4 Å². The second kappa shape index (κ2) is 6.49. The Bertz CT molecular complexity index is 610. The van der Waals surface area contributed by atoms with Crippen molar-refractivity contribution >= 4 is 5.82 Å². The largest absolute Gasteiger partial charge is 0.481 e. The van der Waals surface area contributed by atoms with Crippen molar-refractivity contribution in [1.29, 1.82) is 0 Å². The van der Waals surface area contributed by atoms with Gasteiger partial charge < -0.3 is 10.2 Å². The van der Waals surface area contributed by atoms with E-state index in [1.165, 1.54) is 0 Å². The molecule has 112 valence electrons. The Balaban J connectivity index is 2.29. The number of ether oxygens (including phenoxy) is 1. The van der Waals surface area contributed by atoms with Crippen LogP contribution in [0.15, 0.2) is 18.3 Å². The van der Waals surface area contributed by atoms with Crippen molar-refractivity contribution in [2.75, 3.05) is 12.5 Å². The zero-order valence-electron chi connectivity index (χ0n) is 12.8. The number of nitrogens with two attached hydrogens (primary N) is 1. The Kier molecular flexibility index (Phi) is 4.70. The molecule has 0 atom stereocenters. The van der Waals surface area contributed by atoms with E-state index < -0.39 is 0 Å². The molecular formula is C15H21N5O. The Morgan fingerprint density at radius 2 is 2.05 bits per heavy atom. The first kappa shape index (κ1) is 15.2. The summed E-state index contributed by atoms with van der Waals surface area (Å²) in [5.74, 6) is 7.90. The van der Waals surface area contributed by atoms with Gasteiger partial charge in [0, 0.05) is 29.9 Å². The molecule has 3 N–H and O–H groups in total. The van der Waals surface area contributed by atoms with Crippen molar-refractivity contribution < 1.29 is 4.74 Å². The van der Waals surface area contributed by atoms with Gasteiger partial charge in [0.25, 0.3) is 0 Å². The number of hydrazine groups is 1. The lowest BCUT2D eigenvalue weighted by molar-refractivity contribution is 0.397. The van der Waals surface area contributed by atoms with Gasteiger partial charge in [-0.15, -0.1) is 0 Å². The minimum absolute atomic E-state index is 0.313. The van der Waals surface area contributed by atoms with Gasteiger partial charge in [0.05, 0.1) is 7.11 Å². The predicted molar refractivity (Wildman–Crippen MR) is 82.3 cm³/mol. The van der Waals surface area contributed by atoms with Gasteiger partial charge in [-0.05, 0) is 18.4 Å². The molecule has 0 amide bonds. The molecule has 0 radical (unpaired) electrons. The van der Waals surface area contributed by atoms with Crippen LogP contribution in [0.3, 0.4) is 0 Å². The molecule has 0 aliphatic carbocycles.